The van der Waals surface area contributed by atoms with Gasteiger partial charge < -0.3 is 10.6 Å². The summed E-state index contributed by atoms with van der Waals surface area (Å²) in [6.07, 6.45) is 5.30. The second kappa shape index (κ2) is 5.28. The molecule has 0 aliphatic carbocycles. The average Bonchev–Trinajstić information content (AvgIpc) is 2.28. The van der Waals surface area contributed by atoms with Crippen molar-refractivity contribution in [1.82, 2.24) is 15.3 Å². The van der Waals surface area contributed by atoms with Crippen LogP contribution in [0.5, 0.6) is 0 Å². The zero-order valence-electron chi connectivity index (χ0n) is 8.54. The Hall–Kier alpha value is -0.870. The van der Waals surface area contributed by atoms with Crippen molar-refractivity contribution < 1.29 is 0 Å². The first kappa shape index (κ1) is 10.6. The second-order valence-electron chi connectivity index (χ2n) is 3.75. The van der Waals surface area contributed by atoms with Crippen LogP contribution >= 0.6 is 11.6 Å². The van der Waals surface area contributed by atoms with Gasteiger partial charge in [0.05, 0.1) is 0 Å². The number of piperidine rings is 1. The van der Waals surface area contributed by atoms with Gasteiger partial charge in [0.1, 0.15) is 17.3 Å². The minimum absolute atomic E-state index is 0.476. The fourth-order valence-electron chi connectivity index (χ4n) is 1.76. The largest absolute Gasteiger partial charge is 0.368 e. The van der Waals surface area contributed by atoms with Crippen molar-refractivity contribution in [3.05, 3.63) is 17.5 Å². The molecule has 82 valence electrons. The lowest BCUT2D eigenvalue weighted by Crippen LogP contribution is -2.39. The molecule has 5 heteroatoms. The maximum absolute atomic E-state index is 5.76. The van der Waals surface area contributed by atoms with Crippen LogP contribution in [-0.4, -0.2) is 29.1 Å². The number of hydrogen-bond acceptors (Lipinski definition) is 4. The Kier molecular flexibility index (Phi) is 3.75. The van der Waals surface area contributed by atoms with E-state index in [1.807, 2.05) is 0 Å². The monoisotopic (exact) mass is 226 g/mol. The molecule has 2 N–H and O–H groups in total. The molecule has 1 unspecified atom stereocenters. The fraction of sp³-hybridized carbons (Fsp3) is 0.600. The van der Waals surface area contributed by atoms with E-state index in [-0.39, 0.29) is 0 Å². The van der Waals surface area contributed by atoms with Crippen molar-refractivity contribution in [3.63, 3.8) is 0 Å². The van der Waals surface area contributed by atoms with Gasteiger partial charge in [-0.05, 0) is 19.4 Å². The van der Waals surface area contributed by atoms with Crippen LogP contribution in [0.2, 0.25) is 5.15 Å². The first-order chi connectivity index (χ1) is 7.34. The molecule has 1 aromatic rings. The van der Waals surface area contributed by atoms with Crippen LogP contribution in [0.1, 0.15) is 19.3 Å². The van der Waals surface area contributed by atoms with Crippen LogP contribution in [0, 0.1) is 0 Å². The van der Waals surface area contributed by atoms with Gasteiger partial charge in [0.25, 0.3) is 0 Å². The van der Waals surface area contributed by atoms with Crippen LogP contribution in [0.25, 0.3) is 0 Å². The van der Waals surface area contributed by atoms with Crippen molar-refractivity contribution in [2.45, 2.75) is 25.3 Å². The first-order valence-electron chi connectivity index (χ1n) is 5.29. The van der Waals surface area contributed by atoms with Gasteiger partial charge in [0.2, 0.25) is 0 Å². The van der Waals surface area contributed by atoms with Gasteiger partial charge in [-0.25, -0.2) is 9.97 Å². The van der Waals surface area contributed by atoms with E-state index < -0.39 is 0 Å². The highest BCUT2D eigenvalue weighted by Gasteiger charge is 2.11. The van der Waals surface area contributed by atoms with Crippen molar-refractivity contribution in [3.8, 4) is 0 Å². The minimum atomic E-state index is 0.476. The molecule has 0 amide bonds. The smallest absolute Gasteiger partial charge is 0.134 e. The fourth-order valence-corrected chi connectivity index (χ4v) is 1.90. The summed E-state index contributed by atoms with van der Waals surface area (Å²) in [6, 6.07) is 2.29. The number of aromatic nitrogens is 2. The molecule has 0 bridgehead atoms. The van der Waals surface area contributed by atoms with Crippen molar-refractivity contribution in [1.29, 1.82) is 0 Å². The number of halogens is 1. The minimum Gasteiger partial charge on any atom is -0.368 e. The van der Waals surface area contributed by atoms with Gasteiger partial charge in [-0.3, -0.25) is 0 Å². The van der Waals surface area contributed by atoms with E-state index in [0.717, 1.165) is 18.9 Å². The van der Waals surface area contributed by atoms with Crippen LogP contribution < -0.4 is 10.6 Å². The van der Waals surface area contributed by atoms with Crippen LogP contribution in [0.15, 0.2) is 12.4 Å². The lowest BCUT2D eigenvalue weighted by atomic mass is 10.1. The van der Waals surface area contributed by atoms with Gasteiger partial charge in [-0.2, -0.15) is 0 Å². The molecule has 2 heterocycles. The van der Waals surface area contributed by atoms with Gasteiger partial charge in [0.15, 0.2) is 0 Å². The molecule has 1 saturated heterocycles. The summed E-state index contributed by atoms with van der Waals surface area (Å²) in [7, 11) is 0. The summed E-state index contributed by atoms with van der Waals surface area (Å²) in [5.74, 6) is 0.794. The van der Waals surface area contributed by atoms with E-state index >= 15 is 0 Å². The SMILES string of the molecule is Clc1cc(NCC2CCCCN2)ncn1. The number of nitrogens with one attached hydrogen (secondary N) is 2. The number of nitrogens with zero attached hydrogens (tertiary/aromatic N) is 2. The molecule has 4 nitrogen and oxygen atoms in total. The molecule has 1 aliphatic rings. The van der Waals surface area contributed by atoms with Gasteiger partial charge >= 0.3 is 0 Å². The van der Waals surface area contributed by atoms with Gasteiger partial charge in [-0.1, -0.05) is 18.0 Å². The first-order valence-corrected chi connectivity index (χ1v) is 5.67. The Morgan fingerprint density at radius 3 is 3.13 bits per heavy atom. The Balaban J connectivity index is 1.81. The van der Waals surface area contributed by atoms with Crippen LogP contribution in [0.4, 0.5) is 5.82 Å². The van der Waals surface area contributed by atoms with E-state index in [1.165, 1.54) is 25.6 Å². The summed E-state index contributed by atoms with van der Waals surface area (Å²) >= 11 is 5.76. The maximum Gasteiger partial charge on any atom is 0.134 e. The molecule has 1 aliphatic heterocycles. The van der Waals surface area contributed by atoms with Crippen LogP contribution in [-0.2, 0) is 0 Å². The van der Waals surface area contributed by atoms with Crippen molar-refractivity contribution in [2.75, 3.05) is 18.4 Å². The summed E-state index contributed by atoms with van der Waals surface area (Å²) < 4.78 is 0. The average molecular weight is 227 g/mol. The molecule has 1 fully saturated rings. The Morgan fingerprint density at radius 2 is 2.40 bits per heavy atom. The zero-order chi connectivity index (χ0) is 10.5. The molecule has 0 aromatic carbocycles. The number of hydrogen-bond donors (Lipinski definition) is 2. The topological polar surface area (TPSA) is 49.8 Å². The molecule has 1 atom stereocenters. The lowest BCUT2D eigenvalue weighted by molar-refractivity contribution is 0.414. The number of anilines is 1. The molecule has 0 saturated carbocycles. The molecule has 1 aromatic heterocycles. The zero-order valence-corrected chi connectivity index (χ0v) is 9.30. The Bertz CT molecular complexity index is 312. The van der Waals surface area contributed by atoms with Crippen LogP contribution in [0.3, 0.4) is 0 Å². The molecule has 2 rings (SSSR count). The summed E-state index contributed by atoms with van der Waals surface area (Å²) in [5.41, 5.74) is 0. The van der Waals surface area contributed by atoms with E-state index in [0.29, 0.717) is 11.2 Å². The van der Waals surface area contributed by atoms with E-state index in [4.69, 9.17) is 11.6 Å². The van der Waals surface area contributed by atoms with Crippen molar-refractivity contribution >= 4 is 17.4 Å². The third-order valence-corrected chi connectivity index (χ3v) is 2.78. The third kappa shape index (κ3) is 3.32. The second-order valence-corrected chi connectivity index (χ2v) is 4.14. The third-order valence-electron chi connectivity index (χ3n) is 2.58. The molecule has 15 heavy (non-hydrogen) atoms. The highest BCUT2D eigenvalue weighted by atomic mass is 35.5. The molecule has 0 radical (unpaired) electrons. The molecular formula is C10H15ClN4. The highest BCUT2D eigenvalue weighted by molar-refractivity contribution is 6.29. The Morgan fingerprint density at radius 1 is 1.47 bits per heavy atom. The molecule has 0 spiro atoms. The predicted molar refractivity (Wildman–Crippen MR) is 61.2 cm³/mol. The predicted octanol–water partition coefficient (Wildman–Crippen LogP) is 1.68. The number of rotatable bonds is 3. The normalized spacial score (nSPS) is 21.3. The quantitative estimate of drug-likeness (QED) is 0.771. The standard InChI is InChI=1S/C10H15ClN4/c11-9-5-10(15-7-14-9)13-6-8-3-1-2-4-12-8/h5,7-8,12H,1-4,6H2,(H,13,14,15). The van der Waals surface area contributed by atoms with E-state index in [1.54, 1.807) is 6.07 Å². The van der Waals surface area contributed by atoms with Gasteiger partial charge in [0, 0.05) is 18.7 Å². The van der Waals surface area contributed by atoms with Gasteiger partial charge in [-0.15, -0.1) is 0 Å². The van der Waals surface area contributed by atoms with Crippen molar-refractivity contribution in [2.24, 2.45) is 0 Å². The van der Waals surface area contributed by atoms with E-state index in [2.05, 4.69) is 20.6 Å². The summed E-state index contributed by atoms with van der Waals surface area (Å²) in [6.45, 7) is 2.02. The van der Waals surface area contributed by atoms with E-state index in [9.17, 15) is 0 Å². The Labute approximate surface area is 94.5 Å². The maximum atomic E-state index is 5.76. The highest BCUT2D eigenvalue weighted by Crippen LogP contribution is 2.10. The lowest BCUT2D eigenvalue weighted by Gasteiger charge is -2.23. The summed E-state index contributed by atoms with van der Waals surface area (Å²) in [4.78, 5) is 7.92. The molecular weight excluding hydrogens is 212 g/mol. The summed E-state index contributed by atoms with van der Waals surface area (Å²) in [5, 5.41) is 7.20.